The Kier molecular flexibility index (Phi) is 7.19. The third kappa shape index (κ3) is 5.59. The van der Waals surface area contributed by atoms with Crippen molar-refractivity contribution >= 4 is 58.6 Å². The fourth-order valence-electron chi connectivity index (χ4n) is 5.72. The van der Waals surface area contributed by atoms with E-state index in [-0.39, 0.29) is 0 Å². The summed E-state index contributed by atoms with van der Waals surface area (Å²) in [6, 6.07) is 42.7. The van der Waals surface area contributed by atoms with E-state index >= 15 is 0 Å². The van der Waals surface area contributed by atoms with Gasteiger partial charge in [0.25, 0.3) is 0 Å². The van der Waals surface area contributed by atoms with E-state index in [1.165, 1.54) is 0 Å². The van der Waals surface area contributed by atoms with Crippen molar-refractivity contribution in [1.82, 2.24) is 15.0 Å². The second-order valence-electron chi connectivity index (χ2n) is 11.3. The minimum Gasteiger partial charge on any atom is -0.577 e. The predicted octanol–water partition coefficient (Wildman–Crippen LogP) is 9.29. The highest BCUT2D eigenvalue weighted by molar-refractivity contribution is 6.40. The Hall–Kier alpha value is -5.48. The van der Waals surface area contributed by atoms with E-state index < -0.39 is 15.1 Å². The Balaban J connectivity index is 1.14. The predicted molar refractivity (Wildman–Crippen MR) is 185 cm³/mol. The number of hydrogen-bond donors (Lipinski definition) is 0. The van der Waals surface area contributed by atoms with E-state index in [0.29, 0.717) is 17.2 Å². The van der Waals surface area contributed by atoms with Gasteiger partial charge in [-0.25, -0.2) is 9.97 Å². The molecule has 8 rings (SSSR count). The zero-order valence-corrected chi connectivity index (χ0v) is 26.5. The zero-order valence-electron chi connectivity index (χ0n) is 25.3. The topological polar surface area (TPSA) is 66.4 Å². The van der Waals surface area contributed by atoms with Crippen LogP contribution in [0.5, 0.6) is 17.2 Å². The molecule has 3 heterocycles. The lowest BCUT2D eigenvalue weighted by molar-refractivity contribution is 0.310. The summed E-state index contributed by atoms with van der Waals surface area (Å²) >= 11 is -2.91. The molecule has 0 aliphatic heterocycles. The highest BCUT2D eigenvalue weighted by atomic mass is 27.3. The average Bonchev–Trinajstić information content (AvgIpc) is 3.08. The molecule has 0 amide bonds. The largest absolute Gasteiger partial charge is 1.20 e. The van der Waals surface area contributed by atoms with Gasteiger partial charge in [-0.1, -0.05) is 72.8 Å². The van der Waals surface area contributed by atoms with E-state index in [1.54, 1.807) is 0 Å². The van der Waals surface area contributed by atoms with Gasteiger partial charge in [-0.15, -0.1) is 0 Å². The lowest BCUT2D eigenvalue weighted by Gasteiger charge is -2.18. The number of hydrogen-bond acceptors (Lipinski definition) is 6. The van der Waals surface area contributed by atoms with Crippen molar-refractivity contribution < 1.29 is 11.4 Å². The van der Waals surface area contributed by atoms with Crippen LogP contribution in [0.2, 0.25) is 0 Å². The minimum atomic E-state index is -2.91. The van der Waals surface area contributed by atoms with Gasteiger partial charge in [0, 0.05) is 39.3 Å². The van der Waals surface area contributed by atoms with Gasteiger partial charge in [0.1, 0.15) is 22.5 Å². The zero-order chi connectivity index (χ0) is 31.0. The molecule has 0 bridgehead atoms. The average molecular weight is 614 g/mol. The fraction of sp³-hybridized carbons (Fsp3) is 0.0513. The number of aryl methyl sites for hydroxylation is 2. The van der Waals surface area contributed by atoms with Crippen LogP contribution < -0.4 is 11.4 Å². The van der Waals surface area contributed by atoms with Crippen molar-refractivity contribution in [2.24, 2.45) is 0 Å². The van der Waals surface area contributed by atoms with Crippen molar-refractivity contribution in [3.63, 3.8) is 0 Å². The summed E-state index contributed by atoms with van der Waals surface area (Å²) in [5.74, 6) is 1.91. The summed E-state index contributed by atoms with van der Waals surface area (Å²) < 4.78 is 19.8. The van der Waals surface area contributed by atoms with Crippen LogP contribution in [0.15, 0.2) is 134 Å². The van der Waals surface area contributed by atoms with Crippen LogP contribution in [0.25, 0.3) is 54.6 Å². The van der Waals surface area contributed by atoms with Gasteiger partial charge < -0.3 is 11.4 Å². The SMILES string of the molecule is Cc1ccc2cccc([O][Al]([O]c3ccc4cc(-c5cnc6ccccc6c5)ccc4c3)[O]c3cccc4ccc(C)nc34)c2n1. The molecule has 0 fully saturated rings. The summed E-state index contributed by atoms with van der Waals surface area (Å²) in [7, 11) is 0. The first kappa shape index (κ1) is 28.0. The van der Waals surface area contributed by atoms with Gasteiger partial charge in [-0.05, 0) is 84.8 Å². The molecule has 7 heteroatoms. The first-order valence-corrected chi connectivity index (χ1v) is 16.6. The number of nitrogens with zero attached hydrogens (tertiary/aromatic N) is 3. The maximum absolute atomic E-state index is 6.59. The molecule has 0 unspecified atom stereocenters. The fourth-order valence-corrected chi connectivity index (χ4v) is 7.03. The van der Waals surface area contributed by atoms with Crippen LogP contribution >= 0.6 is 0 Å². The number of rotatable bonds is 7. The van der Waals surface area contributed by atoms with Crippen molar-refractivity contribution in [2.45, 2.75) is 13.8 Å². The van der Waals surface area contributed by atoms with Gasteiger partial charge in [0.2, 0.25) is 0 Å². The summed E-state index contributed by atoms with van der Waals surface area (Å²) in [6.45, 7) is 3.94. The van der Waals surface area contributed by atoms with Crippen molar-refractivity contribution in [3.8, 4) is 28.4 Å². The Morgan fingerprint density at radius 2 is 1.07 bits per heavy atom. The Morgan fingerprint density at radius 1 is 0.478 bits per heavy atom. The molecule has 0 aliphatic rings. The molecule has 0 saturated carbocycles. The number of fused-ring (bicyclic) bond motifs is 4. The first-order valence-electron chi connectivity index (χ1n) is 15.2. The van der Waals surface area contributed by atoms with E-state index in [1.807, 2.05) is 111 Å². The van der Waals surface area contributed by atoms with Gasteiger partial charge in [0.15, 0.2) is 0 Å². The first-order chi connectivity index (χ1) is 22.6. The highest BCUT2D eigenvalue weighted by Gasteiger charge is 2.45. The Morgan fingerprint density at radius 3 is 1.78 bits per heavy atom. The second-order valence-corrected chi connectivity index (χ2v) is 12.6. The van der Waals surface area contributed by atoms with E-state index in [0.717, 1.165) is 66.0 Å². The molecule has 5 aromatic carbocycles. The van der Waals surface area contributed by atoms with Crippen molar-refractivity contribution in [2.75, 3.05) is 0 Å². The molecule has 0 aliphatic carbocycles. The van der Waals surface area contributed by atoms with Crippen LogP contribution in [0, 0.1) is 13.8 Å². The smallest absolute Gasteiger partial charge is 0.577 e. The van der Waals surface area contributed by atoms with Gasteiger partial charge in [-0.2, -0.15) is 0 Å². The van der Waals surface area contributed by atoms with Gasteiger partial charge >= 0.3 is 15.1 Å². The monoisotopic (exact) mass is 613 g/mol. The van der Waals surface area contributed by atoms with E-state index in [9.17, 15) is 0 Å². The van der Waals surface area contributed by atoms with E-state index in [4.69, 9.17) is 21.3 Å². The molecule has 3 aromatic heterocycles. The molecule has 46 heavy (non-hydrogen) atoms. The van der Waals surface area contributed by atoms with Crippen LogP contribution in [0.3, 0.4) is 0 Å². The number of aromatic nitrogens is 3. The maximum atomic E-state index is 6.59. The number of pyridine rings is 3. The Bertz CT molecular complexity index is 2330. The molecular formula is C39H28AlN3O3. The second kappa shape index (κ2) is 11.8. The van der Waals surface area contributed by atoms with Crippen molar-refractivity contribution in [3.05, 3.63) is 145 Å². The summed E-state index contributed by atoms with van der Waals surface area (Å²) in [4.78, 5) is 14.2. The van der Waals surface area contributed by atoms with Crippen LogP contribution in [-0.4, -0.2) is 30.1 Å². The molecule has 6 nitrogen and oxygen atoms in total. The molecule has 8 aromatic rings. The molecule has 220 valence electrons. The molecule has 0 radical (unpaired) electrons. The van der Waals surface area contributed by atoms with Crippen molar-refractivity contribution in [1.29, 1.82) is 0 Å². The van der Waals surface area contributed by atoms with Crippen LogP contribution in [0.1, 0.15) is 11.4 Å². The molecule has 0 saturated heterocycles. The summed E-state index contributed by atoms with van der Waals surface area (Å²) in [5, 5.41) is 5.24. The number of benzene rings is 5. The molecular weight excluding hydrogens is 585 g/mol. The minimum absolute atomic E-state index is 0.622. The molecule has 0 N–H and O–H groups in total. The summed E-state index contributed by atoms with van der Waals surface area (Å²) in [5.41, 5.74) is 6.53. The molecule has 0 atom stereocenters. The normalized spacial score (nSPS) is 11.3. The van der Waals surface area contributed by atoms with Crippen LogP contribution in [-0.2, 0) is 0 Å². The van der Waals surface area contributed by atoms with Gasteiger partial charge in [0.05, 0.1) is 11.3 Å². The summed E-state index contributed by atoms with van der Waals surface area (Å²) in [6.07, 6.45) is 1.93. The lowest BCUT2D eigenvalue weighted by Crippen LogP contribution is -2.37. The highest BCUT2D eigenvalue weighted by Crippen LogP contribution is 2.31. The van der Waals surface area contributed by atoms with E-state index in [2.05, 4.69) is 41.4 Å². The Labute approximate surface area is 271 Å². The maximum Gasteiger partial charge on any atom is 1.20 e. The molecule has 0 spiro atoms. The van der Waals surface area contributed by atoms with Gasteiger partial charge in [-0.3, -0.25) is 4.98 Å². The quantitative estimate of drug-likeness (QED) is 0.167. The lowest BCUT2D eigenvalue weighted by atomic mass is 10.0. The third-order valence-corrected chi connectivity index (χ3v) is 9.42. The third-order valence-electron chi connectivity index (χ3n) is 8.06. The standard InChI is InChI=1S/C19H13NO.2C10H9NO.Al/c21-18-8-7-13-9-14(5-6-15(13)11-18)17-10-16-3-1-2-4-19(16)20-12-17;2*1-7-5-6-8-3-2-4-9(12)10(8)11-7;/h1-12,21H;2*2-6,12H,1H3;/q;;;+3/p-3. The van der Waals surface area contributed by atoms with Crippen LogP contribution in [0.4, 0.5) is 0 Å². The number of para-hydroxylation sites is 3.